The summed E-state index contributed by atoms with van der Waals surface area (Å²) < 4.78 is 6.16. The fourth-order valence-corrected chi connectivity index (χ4v) is 2.02. The first-order chi connectivity index (χ1) is 10.1. The van der Waals surface area contributed by atoms with E-state index in [4.69, 9.17) is 4.74 Å². The van der Waals surface area contributed by atoms with Crippen molar-refractivity contribution in [2.45, 2.75) is 13.3 Å². The van der Waals surface area contributed by atoms with Crippen LogP contribution in [0.5, 0.6) is 5.75 Å². The van der Waals surface area contributed by atoms with E-state index in [1.807, 2.05) is 25.1 Å². The topological polar surface area (TPSA) is 77.3 Å². The van der Waals surface area contributed by atoms with Crippen molar-refractivity contribution in [1.82, 2.24) is 4.98 Å². The number of ether oxygens (including phenoxy) is 1. The summed E-state index contributed by atoms with van der Waals surface area (Å²) in [5, 5.41) is 14.1. The van der Waals surface area contributed by atoms with Crippen molar-refractivity contribution in [2.24, 2.45) is 0 Å². The molecule has 7 heteroatoms. The molecule has 0 saturated carbocycles. The average Bonchev–Trinajstić information content (AvgIpc) is 2.48. The first-order valence-corrected chi connectivity index (χ1v) is 7.20. The molecule has 110 valence electrons. The molecule has 6 nitrogen and oxygen atoms in total. The number of pyridine rings is 1. The van der Waals surface area contributed by atoms with E-state index < -0.39 is 4.92 Å². The first kappa shape index (κ1) is 15.2. The molecule has 0 fully saturated rings. The van der Waals surface area contributed by atoms with Crippen LogP contribution in [0.15, 0.2) is 41.0 Å². The molecule has 1 N–H and O–H groups in total. The van der Waals surface area contributed by atoms with Crippen molar-refractivity contribution < 1.29 is 9.66 Å². The third-order valence-corrected chi connectivity index (χ3v) is 3.07. The highest BCUT2D eigenvalue weighted by atomic mass is 79.9. The minimum absolute atomic E-state index is 0.102. The Morgan fingerprint density at radius 1 is 1.43 bits per heavy atom. The number of nitrogens with one attached hydrogen (secondary N) is 1. The van der Waals surface area contributed by atoms with Gasteiger partial charge in [-0.25, -0.2) is 4.98 Å². The number of hydrogen-bond acceptors (Lipinski definition) is 5. The molecule has 0 bridgehead atoms. The summed E-state index contributed by atoms with van der Waals surface area (Å²) in [4.78, 5) is 14.7. The summed E-state index contributed by atoms with van der Waals surface area (Å²) in [6.07, 6.45) is 2.38. The van der Waals surface area contributed by atoms with E-state index in [1.165, 1.54) is 12.3 Å². The monoisotopic (exact) mass is 351 g/mol. The molecular weight excluding hydrogens is 338 g/mol. The highest BCUT2D eigenvalue weighted by molar-refractivity contribution is 9.10. The van der Waals surface area contributed by atoms with Crippen LogP contribution in [0.25, 0.3) is 0 Å². The lowest BCUT2D eigenvalue weighted by molar-refractivity contribution is -0.384. The van der Waals surface area contributed by atoms with Crippen molar-refractivity contribution >= 4 is 33.1 Å². The first-order valence-electron chi connectivity index (χ1n) is 6.40. The number of rotatable bonds is 6. The van der Waals surface area contributed by atoms with Gasteiger partial charge in [-0.05, 0) is 34.5 Å². The van der Waals surface area contributed by atoms with Gasteiger partial charge in [0.2, 0.25) is 5.82 Å². The van der Waals surface area contributed by atoms with Gasteiger partial charge in [0.25, 0.3) is 0 Å². The van der Waals surface area contributed by atoms with Crippen LogP contribution in [0.4, 0.5) is 17.2 Å². The third-order valence-electron chi connectivity index (χ3n) is 2.63. The van der Waals surface area contributed by atoms with E-state index >= 15 is 0 Å². The Morgan fingerprint density at radius 3 is 2.90 bits per heavy atom. The third kappa shape index (κ3) is 3.91. The van der Waals surface area contributed by atoms with Crippen LogP contribution in [0.3, 0.4) is 0 Å². The van der Waals surface area contributed by atoms with Crippen molar-refractivity contribution in [2.75, 3.05) is 11.9 Å². The summed E-state index contributed by atoms with van der Waals surface area (Å²) >= 11 is 3.18. The normalized spacial score (nSPS) is 10.2. The molecule has 0 saturated heterocycles. The molecule has 0 spiro atoms. The minimum Gasteiger partial charge on any atom is -0.491 e. The number of nitro groups is 1. The smallest absolute Gasteiger partial charge is 0.312 e. The van der Waals surface area contributed by atoms with E-state index in [-0.39, 0.29) is 11.5 Å². The molecule has 0 amide bonds. The van der Waals surface area contributed by atoms with Crippen LogP contribution in [-0.2, 0) is 0 Å². The molecule has 2 rings (SSSR count). The van der Waals surface area contributed by atoms with E-state index in [0.29, 0.717) is 22.5 Å². The summed E-state index contributed by atoms with van der Waals surface area (Å²) in [6.45, 7) is 2.59. The molecule has 21 heavy (non-hydrogen) atoms. The van der Waals surface area contributed by atoms with E-state index in [1.54, 1.807) is 6.07 Å². The second-order valence-electron chi connectivity index (χ2n) is 4.25. The van der Waals surface area contributed by atoms with Crippen LogP contribution < -0.4 is 10.1 Å². The van der Waals surface area contributed by atoms with Crippen molar-refractivity contribution in [3.05, 3.63) is 51.1 Å². The molecule has 0 aliphatic rings. The highest BCUT2D eigenvalue weighted by Crippen LogP contribution is 2.32. The molecule has 2 aromatic rings. The van der Waals surface area contributed by atoms with E-state index in [2.05, 4.69) is 26.2 Å². The van der Waals surface area contributed by atoms with Gasteiger partial charge in [-0.15, -0.1) is 0 Å². The van der Waals surface area contributed by atoms with Gasteiger partial charge in [0.05, 0.1) is 17.2 Å². The molecule has 0 atom stereocenters. The standard InChI is InChI=1S/C14H14BrN3O3/c1-2-7-21-13-6-4-3-5-11(13)17-14-12(18(19)20)8-10(15)9-16-14/h3-6,8-9H,2,7H2,1H3,(H,16,17). The van der Waals surface area contributed by atoms with E-state index in [9.17, 15) is 10.1 Å². The second-order valence-corrected chi connectivity index (χ2v) is 5.16. The predicted molar refractivity (Wildman–Crippen MR) is 84.1 cm³/mol. The molecule has 0 aliphatic carbocycles. The quantitative estimate of drug-likeness (QED) is 0.620. The SMILES string of the molecule is CCCOc1ccccc1Nc1ncc(Br)cc1[N+](=O)[O-]. The van der Waals surface area contributed by atoms with Gasteiger partial charge < -0.3 is 10.1 Å². The molecule has 1 aromatic heterocycles. The number of benzene rings is 1. The molecule has 1 heterocycles. The number of para-hydroxylation sites is 2. The second kappa shape index (κ2) is 7.03. The number of halogens is 1. The zero-order chi connectivity index (χ0) is 15.2. The lowest BCUT2D eigenvalue weighted by Crippen LogP contribution is -2.02. The maximum absolute atomic E-state index is 11.1. The Labute approximate surface area is 130 Å². The Kier molecular flexibility index (Phi) is 5.10. The number of nitrogens with zero attached hydrogens (tertiary/aromatic N) is 2. The van der Waals surface area contributed by atoms with Crippen LogP contribution in [0.1, 0.15) is 13.3 Å². The maximum Gasteiger partial charge on any atom is 0.312 e. The zero-order valence-corrected chi connectivity index (χ0v) is 13.0. The van der Waals surface area contributed by atoms with Gasteiger partial charge in [0.1, 0.15) is 5.75 Å². The summed E-state index contributed by atoms with van der Waals surface area (Å²) in [5.74, 6) is 0.814. The van der Waals surface area contributed by atoms with Crippen molar-refractivity contribution in [3.8, 4) is 5.75 Å². The molecular formula is C14H14BrN3O3. The van der Waals surface area contributed by atoms with Gasteiger partial charge in [0.15, 0.2) is 0 Å². The predicted octanol–water partition coefficient (Wildman–Crippen LogP) is 4.28. The zero-order valence-electron chi connectivity index (χ0n) is 11.4. The summed E-state index contributed by atoms with van der Waals surface area (Å²) in [7, 11) is 0. The Balaban J connectivity index is 2.32. The van der Waals surface area contributed by atoms with Crippen molar-refractivity contribution in [3.63, 3.8) is 0 Å². The largest absolute Gasteiger partial charge is 0.491 e. The van der Waals surface area contributed by atoms with Gasteiger partial charge in [0, 0.05) is 16.7 Å². The Bertz CT molecular complexity index is 649. The minimum atomic E-state index is -0.477. The average molecular weight is 352 g/mol. The Morgan fingerprint density at radius 2 is 2.19 bits per heavy atom. The van der Waals surface area contributed by atoms with Crippen molar-refractivity contribution in [1.29, 1.82) is 0 Å². The van der Waals surface area contributed by atoms with Crippen LogP contribution in [-0.4, -0.2) is 16.5 Å². The molecule has 0 aliphatic heterocycles. The lowest BCUT2D eigenvalue weighted by Gasteiger charge is -2.12. The molecule has 1 aromatic carbocycles. The van der Waals surface area contributed by atoms with Gasteiger partial charge >= 0.3 is 5.69 Å². The fraction of sp³-hybridized carbons (Fsp3) is 0.214. The van der Waals surface area contributed by atoms with Gasteiger partial charge in [-0.1, -0.05) is 19.1 Å². The molecule has 0 unspecified atom stereocenters. The van der Waals surface area contributed by atoms with Crippen LogP contribution in [0, 0.1) is 10.1 Å². The van der Waals surface area contributed by atoms with Gasteiger partial charge in [-0.2, -0.15) is 0 Å². The molecule has 0 radical (unpaired) electrons. The Hall–Kier alpha value is -2.15. The van der Waals surface area contributed by atoms with Crippen LogP contribution in [0.2, 0.25) is 0 Å². The van der Waals surface area contributed by atoms with Crippen LogP contribution >= 0.6 is 15.9 Å². The summed E-state index contributed by atoms with van der Waals surface area (Å²) in [6, 6.07) is 8.68. The maximum atomic E-state index is 11.1. The lowest BCUT2D eigenvalue weighted by atomic mass is 10.3. The van der Waals surface area contributed by atoms with E-state index in [0.717, 1.165) is 6.42 Å². The number of aromatic nitrogens is 1. The summed E-state index contributed by atoms with van der Waals surface area (Å²) in [5.41, 5.74) is 0.540. The van der Waals surface area contributed by atoms with Gasteiger partial charge in [-0.3, -0.25) is 10.1 Å². The highest BCUT2D eigenvalue weighted by Gasteiger charge is 2.17. The number of anilines is 2. The fourth-order valence-electron chi connectivity index (χ4n) is 1.70. The number of hydrogen-bond donors (Lipinski definition) is 1.